The van der Waals surface area contributed by atoms with Crippen LogP contribution in [0, 0.1) is 0 Å². The van der Waals surface area contributed by atoms with Gasteiger partial charge in [0.05, 0.1) is 6.04 Å². The van der Waals surface area contributed by atoms with Crippen molar-refractivity contribution >= 4 is 12.1 Å². The molecule has 1 aromatic carbocycles. The summed E-state index contributed by atoms with van der Waals surface area (Å²) in [5.41, 5.74) is 0.960. The van der Waals surface area contributed by atoms with E-state index in [0.29, 0.717) is 6.54 Å². The molecule has 0 spiro atoms. The molecule has 2 aliphatic heterocycles. The number of ether oxygens (including phenoxy) is 2. The Hall–Kier alpha value is -2.30. The number of rotatable bonds is 3. The summed E-state index contributed by atoms with van der Waals surface area (Å²) in [6.45, 7) is 0.892. The highest BCUT2D eigenvalue weighted by atomic mass is 16.6. The van der Waals surface area contributed by atoms with Crippen molar-refractivity contribution in [2.75, 3.05) is 6.54 Å². The Kier molecular flexibility index (Phi) is 5.51. The third kappa shape index (κ3) is 4.16. The van der Waals surface area contributed by atoms with Gasteiger partial charge in [-0.2, -0.15) is 0 Å². The zero-order valence-corrected chi connectivity index (χ0v) is 13.7. The second-order valence-corrected chi connectivity index (χ2v) is 6.26. The van der Waals surface area contributed by atoms with Crippen LogP contribution in [0.5, 0.6) is 0 Å². The van der Waals surface area contributed by atoms with E-state index >= 15 is 0 Å². The van der Waals surface area contributed by atoms with E-state index in [9.17, 15) is 9.59 Å². The molecule has 1 saturated heterocycles. The standard InChI is InChI=1S/C19H23NO4/c21-18-12-11-17(24-18)16-10-6-1-2-7-13-20(16)19(22)23-14-15-8-4-3-5-9-15/h3-5,8-9,11-12,16-17H,1-2,6-7,10,13-14H2/t16-,17-/m1/s1. The number of carbonyl (C=O) groups is 2. The highest BCUT2D eigenvalue weighted by Crippen LogP contribution is 2.24. The van der Waals surface area contributed by atoms with E-state index < -0.39 is 0 Å². The Morgan fingerprint density at radius 2 is 1.96 bits per heavy atom. The molecule has 0 unspecified atom stereocenters. The van der Waals surface area contributed by atoms with E-state index in [0.717, 1.165) is 37.7 Å². The summed E-state index contributed by atoms with van der Waals surface area (Å²) >= 11 is 0. The minimum absolute atomic E-state index is 0.142. The van der Waals surface area contributed by atoms with Crippen LogP contribution in [0.4, 0.5) is 4.79 Å². The van der Waals surface area contributed by atoms with Gasteiger partial charge in [0.15, 0.2) is 0 Å². The molecular formula is C19H23NO4. The first-order chi connectivity index (χ1) is 11.7. The predicted molar refractivity (Wildman–Crippen MR) is 89.2 cm³/mol. The van der Waals surface area contributed by atoms with Gasteiger partial charge in [-0.3, -0.25) is 0 Å². The van der Waals surface area contributed by atoms with Gasteiger partial charge in [0.1, 0.15) is 12.7 Å². The second-order valence-electron chi connectivity index (χ2n) is 6.26. The fourth-order valence-corrected chi connectivity index (χ4v) is 3.27. The van der Waals surface area contributed by atoms with Crippen molar-refractivity contribution in [1.29, 1.82) is 0 Å². The lowest BCUT2D eigenvalue weighted by molar-refractivity contribution is -0.141. The normalized spacial score (nSPS) is 24.2. The summed E-state index contributed by atoms with van der Waals surface area (Å²) in [4.78, 5) is 25.8. The summed E-state index contributed by atoms with van der Waals surface area (Å²) < 4.78 is 10.8. The van der Waals surface area contributed by atoms with Gasteiger partial charge >= 0.3 is 12.1 Å². The van der Waals surface area contributed by atoms with Crippen LogP contribution >= 0.6 is 0 Å². The van der Waals surface area contributed by atoms with Gasteiger partial charge in [-0.05, 0) is 24.5 Å². The summed E-state index contributed by atoms with van der Waals surface area (Å²) in [5.74, 6) is -0.334. The third-order valence-corrected chi connectivity index (χ3v) is 4.54. The maximum Gasteiger partial charge on any atom is 0.410 e. The Morgan fingerprint density at radius 3 is 2.71 bits per heavy atom. The van der Waals surface area contributed by atoms with Crippen molar-refractivity contribution in [2.45, 2.75) is 50.9 Å². The van der Waals surface area contributed by atoms with Gasteiger partial charge < -0.3 is 14.4 Å². The highest BCUT2D eigenvalue weighted by Gasteiger charge is 2.35. The van der Waals surface area contributed by atoms with Crippen molar-refractivity contribution < 1.29 is 19.1 Å². The summed E-state index contributed by atoms with van der Waals surface area (Å²) in [7, 11) is 0. The fraction of sp³-hybridized carbons (Fsp3) is 0.474. The zero-order valence-electron chi connectivity index (χ0n) is 13.7. The summed E-state index contributed by atoms with van der Waals surface area (Å²) in [5, 5.41) is 0. The van der Waals surface area contributed by atoms with Crippen molar-refractivity contribution in [2.24, 2.45) is 0 Å². The maximum absolute atomic E-state index is 12.6. The quantitative estimate of drug-likeness (QED) is 0.797. The number of amides is 1. The number of likely N-dealkylation sites (tertiary alicyclic amines) is 1. The molecule has 2 atom stereocenters. The first-order valence-electron chi connectivity index (χ1n) is 8.60. The third-order valence-electron chi connectivity index (χ3n) is 4.54. The van der Waals surface area contributed by atoms with Crippen LogP contribution in [0.1, 0.15) is 37.7 Å². The number of nitrogens with zero attached hydrogens (tertiary/aromatic N) is 1. The van der Waals surface area contributed by atoms with Gasteiger partial charge in [0.25, 0.3) is 0 Å². The van der Waals surface area contributed by atoms with E-state index in [1.165, 1.54) is 6.08 Å². The molecule has 0 bridgehead atoms. The SMILES string of the molecule is O=C1C=C[C@H]([C@H]2CCCCCCN2C(=O)OCc2ccccc2)O1. The van der Waals surface area contributed by atoms with E-state index in [-0.39, 0.29) is 30.8 Å². The van der Waals surface area contributed by atoms with Crippen molar-refractivity contribution in [3.05, 3.63) is 48.0 Å². The molecule has 3 rings (SSSR count). The van der Waals surface area contributed by atoms with Crippen molar-refractivity contribution in [1.82, 2.24) is 4.90 Å². The molecule has 1 aromatic rings. The molecule has 128 valence electrons. The highest BCUT2D eigenvalue weighted by molar-refractivity contribution is 5.84. The van der Waals surface area contributed by atoms with E-state index in [4.69, 9.17) is 9.47 Å². The average molecular weight is 329 g/mol. The number of hydrogen-bond donors (Lipinski definition) is 0. The molecule has 5 nitrogen and oxygen atoms in total. The number of esters is 1. The van der Waals surface area contributed by atoms with Crippen LogP contribution in [0.15, 0.2) is 42.5 Å². The van der Waals surface area contributed by atoms with Crippen LogP contribution in [0.3, 0.4) is 0 Å². The van der Waals surface area contributed by atoms with Crippen LogP contribution < -0.4 is 0 Å². The lowest BCUT2D eigenvalue weighted by atomic mass is 9.98. The minimum atomic E-state index is -0.361. The van der Waals surface area contributed by atoms with Gasteiger partial charge in [0, 0.05) is 12.6 Å². The Bertz CT molecular complexity index is 599. The Morgan fingerprint density at radius 1 is 1.17 bits per heavy atom. The molecule has 0 aromatic heterocycles. The van der Waals surface area contributed by atoms with E-state index in [2.05, 4.69) is 0 Å². The Labute approximate surface area is 142 Å². The molecule has 5 heteroatoms. The van der Waals surface area contributed by atoms with Crippen LogP contribution in [0.2, 0.25) is 0 Å². The zero-order chi connectivity index (χ0) is 16.8. The van der Waals surface area contributed by atoms with E-state index in [1.54, 1.807) is 11.0 Å². The molecule has 0 radical (unpaired) electrons. The van der Waals surface area contributed by atoms with Crippen LogP contribution in [0.25, 0.3) is 0 Å². The van der Waals surface area contributed by atoms with Crippen molar-refractivity contribution in [3.8, 4) is 0 Å². The smallest absolute Gasteiger partial charge is 0.410 e. The largest absolute Gasteiger partial charge is 0.453 e. The molecule has 0 N–H and O–H groups in total. The lowest BCUT2D eigenvalue weighted by Crippen LogP contribution is -2.48. The molecular weight excluding hydrogens is 306 g/mol. The van der Waals surface area contributed by atoms with Gasteiger partial charge in [-0.25, -0.2) is 9.59 Å². The monoisotopic (exact) mass is 329 g/mol. The summed E-state index contributed by atoms with van der Waals surface area (Å²) in [6.07, 6.45) is 7.55. The predicted octanol–water partition coefficient (Wildman–Crippen LogP) is 3.44. The van der Waals surface area contributed by atoms with Crippen molar-refractivity contribution in [3.63, 3.8) is 0 Å². The summed E-state index contributed by atoms with van der Waals surface area (Å²) in [6, 6.07) is 9.49. The molecule has 2 heterocycles. The minimum Gasteiger partial charge on any atom is -0.453 e. The maximum atomic E-state index is 12.6. The molecule has 1 fully saturated rings. The molecule has 0 saturated carbocycles. The first kappa shape index (κ1) is 16.6. The molecule has 2 aliphatic rings. The van der Waals surface area contributed by atoms with Gasteiger partial charge in [0.2, 0.25) is 0 Å². The van der Waals surface area contributed by atoms with Crippen LogP contribution in [-0.4, -0.2) is 35.7 Å². The molecule has 24 heavy (non-hydrogen) atoms. The van der Waals surface area contributed by atoms with Crippen LogP contribution in [-0.2, 0) is 20.9 Å². The number of hydrogen-bond acceptors (Lipinski definition) is 4. The fourth-order valence-electron chi connectivity index (χ4n) is 3.27. The van der Waals surface area contributed by atoms with Gasteiger partial charge in [-0.15, -0.1) is 0 Å². The lowest BCUT2D eigenvalue weighted by Gasteiger charge is -2.35. The topological polar surface area (TPSA) is 55.8 Å². The number of benzene rings is 1. The number of cyclic esters (lactones) is 1. The van der Waals surface area contributed by atoms with Gasteiger partial charge in [-0.1, -0.05) is 49.6 Å². The molecule has 0 aliphatic carbocycles. The first-order valence-corrected chi connectivity index (χ1v) is 8.60. The second kappa shape index (κ2) is 7.99. The average Bonchev–Trinajstić information content (AvgIpc) is 3.00. The number of carbonyl (C=O) groups excluding carboxylic acids is 2. The Balaban J connectivity index is 1.66. The molecule has 1 amide bonds. The van der Waals surface area contributed by atoms with E-state index in [1.807, 2.05) is 30.3 Å².